The van der Waals surface area contributed by atoms with E-state index in [9.17, 15) is 0 Å². The molecule has 0 amide bonds. The average molecular weight is 326 g/mol. The maximum absolute atomic E-state index is 5.29. The van der Waals surface area contributed by atoms with E-state index in [-0.39, 0.29) is 0 Å². The van der Waals surface area contributed by atoms with Gasteiger partial charge in [0.25, 0.3) is 0 Å². The second-order valence-electron chi connectivity index (χ2n) is 5.71. The maximum Gasteiger partial charge on any atom is 0.119 e. The van der Waals surface area contributed by atoms with Crippen LogP contribution in [-0.2, 0) is 6.54 Å². The summed E-state index contributed by atoms with van der Waals surface area (Å²) in [7, 11) is 1.71. The first-order valence-corrected chi connectivity index (χ1v) is 7.97. The third kappa shape index (κ3) is 3.73. The summed E-state index contributed by atoms with van der Waals surface area (Å²) < 4.78 is 6.44. The lowest BCUT2D eigenvalue weighted by atomic mass is 9.78. The Labute approximate surface area is 125 Å². The first-order valence-electron chi connectivity index (χ1n) is 7.17. The Kier molecular flexibility index (Phi) is 5.28. The molecule has 2 nitrogen and oxygen atoms in total. The summed E-state index contributed by atoms with van der Waals surface area (Å²) in [6, 6.07) is 6.79. The summed E-state index contributed by atoms with van der Waals surface area (Å²) >= 11 is 3.62. The molecule has 0 radical (unpaired) electrons. The van der Waals surface area contributed by atoms with Crippen molar-refractivity contribution in [3.63, 3.8) is 0 Å². The van der Waals surface area contributed by atoms with Gasteiger partial charge >= 0.3 is 0 Å². The Balaban J connectivity index is 1.98. The van der Waals surface area contributed by atoms with Gasteiger partial charge in [-0.2, -0.15) is 0 Å². The Hall–Kier alpha value is -0.540. The number of rotatable bonds is 4. The van der Waals surface area contributed by atoms with E-state index in [2.05, 4.69) is 47.2 Å². The summed E-state index contributed by atoms with van der Waals surface area (Å²) in [6.45, 7) is 5.65. The number of hydrogen-bond donors (Lipinski definition) is 1. The van der Waals surface area contributed by atoms with E-state index < -0.39 is 0 Å². The van der Waals surface area contributed by atoms with Crippen molar-refractivity contribution in [1.29, 1.82) is 0 Å². The van der Waals surface area contributed by atoms with Crippen LogP contribution >= 0.6 is 15.9 Å². The Morgan fingerprint density at radius 1 is 1.32 bits per heavy atom. The van der Waals surface area contributed by atoms with Gasteiger partial charge in [0.05, 0.1) is 7.11 Å². The number of ether oxygens (including phenoxy) is 1. The Morgan fingerprint density at radius 2 is 2.11 bits per heavy atom. The van der Waals surface area contributed by atoms with Gasteiger partial charge in [0.1, 0.15) is 5.75 Å². The molecule has 19 heavy (non-hydrogen) atoms. The van der Waals surface area contributed by atoms with Crippen LogP contribution in [0.4, 0.5) is 0 Å². The number of methoxy groups -OCH3 is 1. The SMILES string of the molecule is COc1ccc(Br)c(CNC2CCCC(C)C2C)c1. The lowest BCUT2D eigenvalue weighted by Gasteiger charge is -2.35. The van der Waals surface area contributed by atoms with Crippen molar-refractivity contribution < 1.29 is 4.74 Å². The predicted octanol–water partition coefficient (Wildman–Crippen LogP) is 4.37. The van der Waals surface area contributed by atoms with Crippen LogP contribution in [0.1, 0.15) is 38.7 Å². The summed E-state index contributed by atoms with van der Waals surface area (Å²) in [5.41, 5.74) is 1.27. The summed E-state index contributed by atoms with van der Waals surface area (Å²) in [5, 5.41) is 3.72. The van der Waals surface area contributed by atoms with Crippen LogP contribution in [-0.4, -0.2) is 13.2 Å². The molecule has 0 saturated heterocycles. The van der Waals surface area contributed by atoms with Crippen LogP contribution in [0, 0.1) is 11.8 Å². The molecule has 106 valence electrons. The van der Waals surface area contributed by atoms with Gasteiger partial charge < -0.3 is 10.1 Å². The largest absolute Gasteiger partial charge is 0.497 e. The summed E-state index contributed by atoms with van der Waals surface area (Å²) in [4.78, 5) is 0. The minimum absolute atomic E-state index is 0.641. The van der Waals surface area contributed by atoms with Crippen molar-refractivity contribution in [1.82, 2.24) is 5.32 Å². The lowest BCUT2D eigenvalue weighted by Crippen LogP contribution is -2.40. The van der Waals surface area contributed by atoms with Gasteiger partial charge in [-0.25, -0.2) is 0 Å². The van der Waals surface area contributed by atoms with Crippen LogP contribution in [0.5, 0.6) is 5.75 Å². The molecule has 1 aromatic rings. The third-order valence-corrected chi connectivity index (χ3v) is 5.29. The van der Waals surface area contributed by atoms with E-state index in [4.69, 9.17) is 4.74 Å². The van der Waals surface area contributed by atoms with E-state index >= 15 is 0 Å². The molecule has 1 N–H and O–H groups in total. The van der Waals surface area contributed by atoms with Crippen LogP contribution in [0.2, 0.25) is 0 Å². The Bertz CT molecular complexity index is 421. The highest BCUT2D eigenvalue weighted by molar-refractivity contribution is 9.10. The molecule has 0 heterocycles. The molecule has 1 aliphatic rings. The third-order valence-electron chi connectivity index (χ3n) is 4.51. The fraction of sp³-hybridized carbons (Fsp3) is 0.625. The molecule has 1 fully saturated rings. The standard InChI is InChI=1S/C16H24BrNO/c1-11-5-4-6-16(12(11)2)18-10-13-9-14(19-3)7-8-15(13)17/h7-9,11-12,16,18H,4-6,10H2,1-3H3. The summed E-state index contributed by atoms with van der Waals surface area (Å²) in [5.74, 6) is 2.52. The molecule has 0 spiro atoms. The molecule has 1 saturated carbocycles. The van der Waals surface area contributed by atoms with Crippen molar-refractivity contribution in [3.05, 3.63) is 28.2 Å². The normalized spacial score (nSPS) is 27.3. The molecular formula is C16H24BrNO. The van der Waals surface area contributed by atoms with Gasteiger partial charge in [0, 0.05) is 17.1 Å². The molecule has 1 aliphatic carbocycles. The van der Waals surface area contributed by atoms with Gasteiger partial charge in [-0.1, -0.05) is 42.6 Å². The smallest absolute Gasteiger partial charge is 0.119 e. The highest BCUT2D eigenvalue weighted by Gasteiger charge is 2.26. The van der Waals surface area contributed by atoms with Crippen LogP contribution < -0.4 is 10.1 Å². The van der Waals surface area contributed by atoms with E-state index in [0.29, 0.717) is 6.04 Å². The van der Waals surface area contributed by atoms with Crippen molar-refractivity contribution in [2.24, 2.45) is 11.8 Å². The van der Waals surface area contributed by atoms with Gasteiger partial charge in [-0.15, -0.1) is 0 Å². The Morgan fingerprint density at radius 3 is 2.84 bits per heavy atom. The number of benzene rings is 1. The van der Waals surface area contributed by atoms with E-state index in [1.165, 1.54) is 24.8 Å². The predicted molar refractivity (Wildman–Crippen MR) is 83.5 cm³/mol. The van der Waals surface area contributed by atoms with Crippen LogP contribution in [0.3, 0.4) is 0 Å². The molecule has 3 atom stereocenters. The topological polar surface area (TPSA) is 21.3 Å². The fourth-order valence-corrected chi connectivity index (χ4v) is 3.31. The van der Waals surface area contributed by atoms with Gasteiger partial charge in [-0.05, 0) is 42.0 Å². The van der Waals surface area contributed by atoms with Crippen molar-refractivity contribution in [3.8, 4) is 5.75 Å². The highest BCUT2D eigenvalue weighted by Crippen LogP contribution is 2.30. The first-order chi connectivity index (χ1) is 9.11. The van der Waals surface area contributed by atoms with E-state index in [1.807, 2.05) is 6.07 Å². The molecule has 1 aromatic carbocycles. The van der Waals surface area contributed by atoms with Gasteiger partial charge in [0.15, 0.2) is 0 Å². The summed E-state index contributed by atoms with van der Waals surface area (Å²) in [6.07, 6.45) is 4.03. The monoisotopic (exact) mass is 325 g/mol. The second-order valence-corrected chi connectivity index (χ2v) is 6.57. The molecule has 0 bridgehead atoms. The quantitative estimate of drug-likeness (QED) is 0.887. The molecule has 0 aliphatic heterocycles. The molecule has 3 unspecified atom stereocenters. The number of halogens is 1. The second kappa shape index (κ2) is 6.76. The fourth-order valence-electron chi connectivity index (χ4n) is 2.92. The maximum atomic E-state index is 5.29. The van der Waals surface area contributed by atoms with Crippen molar-refractivity contribution in [2.75, 3.05) is 7.11 Å². The zero-order chi connectivity index (χ0) is 13.8. The number of hydrogen-bond acceptors (Lipinski definition) is 2. The molecular weight excluding hydrogens is 302 g/mol. The van der Waals surface area contributed by atoms with Crippen LogP contribution in [0.15, 0.2) is 22.7 Å². The number of nitrogens with one attached hydrogen (secondary N) is 1. The van der Waals surface area contributed by atoms with Crippen molar-refractivity contribution >= 4 is 15.9 Å². The van der Waals surface area contributed by atoms with Gasteiger partial charge in [-0.3, -0.25) is 0 Å². The minimum atomic E-state index is 0.641. The van der Waals surface area contributed by atoms with Gasteiger partial charge in [0.2, 0.25) is 0 Å². The van der Waals surface area contributed by atoms with E-state index in [0.717, 1.165) is 28.6 Å². The van der Waals surface area contributed by atoms with E-state index in [1.54, 1.807) is 7.11 Å². The van der Waals surface area contributed by atoms with Crippen LogP contribution in [0.25, 0.3) is 0 Å². The molecule has 0 aromatic heterocycles. The minimum Gasteiger partial charge on any atom is -0.497 e. The average Bonchev–Trinajstić information content (AvgIpc) is 2.42. The highest BCUT2D eigenvalue weighted by atomic mass is 79.9. The zero-order valence-corrected chi connectivity index (χ0v) is 13.7. The zero-order valence-electron chi connectivity index (χ0n) is 12.1. The molecule has 2 rings (SSSR count). The lowest BCUT2D eigenvalue weighted by molar-refractivity contribution is 0.206. The van der Waals surface area contributed by atoms with Crippen molar-refractivity contribution in [2.45, 2.75) is 45.7 Å². The first kappa shape index (κ1) is 14.9. The molecule has 3 heteroatoms.